The summed E-state index contributed by atoms with van der Waals surface area (Å²) < 4.78 is 16.5. The van der Waals surface area contributed by atoms with Crippen molar-refractivity contribution in [3.8, 4) is 28.6 Å². The number of rotatable bonds is 6. The first-order valence-corrected chi connectivity index (χ1v) is 8.08. The van der Waals surface area contributed by atoms with Crippen LogP contribution in [0.2, 0.25) is 0 Å². The molecule has 5 nitrogen and oxygen atoms in total. The lowest BCUT2D eigenvalue weighted by atomic mass is 10.0. The van der Waals surface area contributed by atoms with Gasteiger partial charge in [0.15, 0.2) is 17.8 Å². The number of fused-ring (bicyclic) bond motifs is 1. The molecule has 0 amide bonds. The molecule has 0 aliphatic carbocycles. The minimum atomic E-state index is 0.0296. The van der Waals surface area contributed by atoms with Gasteiger partial charge in [-0.2, -0.15) is 0 Å². The minimum absolute atomic E-state index is 0.0296. The highest BCUT2D eigenvalue weighted by Gasteiger charge is 2.19. The van der Waals surface area contributed by atoms with E-state index in [2.05, 4.69) is 6.92 Å². The Balaban J connectivity index is 2.24. The van der Waals surface area contributed by atoms with Crippen molar-refractivity contribution in [1.82, 2.24) is 0 Å². The molecule has 0 saturated carbocycles. The van der Waals surface area contributed by atoms with Crippen molar-refractivity contribution in [2.75, 3.05) is 14.2 Å². The lowest BCUT2D eigenvalue weighted by molar-refractivity contribution is 0.112. The Bertz CT molecular complexity index is 923. The molecule has 0 aliphatic rings. The van der Waals surface area contributed by atoms with E-state index in [1.807, 2.05) is 12.1 Å². The summed E-state index contributed by atoms with van der Waals surface area (Å²) in [6.07, 6.45) is 2.62. The zero-order valence-corrected chi connectivity index (χ0v) is 14.5. The number of benzene rings is 2. The Kier molecular flexibility index (Phi) is 4.65. The molecule has 1 aromatic heterocycles. The minimum Gasteiger partial charge on any atom is -0.504 e. The van der Waals surface area contributed by atoms with Crippen LogP contribution in [0.5, 0.6) is 17.2 Å². The number of furan rings is 1. The van der Waals surface area contributed by atoms with Crippen LogP contribution >= 0.6 is 0 Å². The number of aldehydes is 1. The lowest BCUT2D eigenvalue weighted by Gasteiger charge is -2.07. The van der Waals surface area contributed by atoms with E-state index in [1.165, 1.54) is 13.2 Å². The molecular formula is C20H20O5. The molecule has 3 aromatic rings. The van der Waals surface area contributed by atoms with Gasteiger partial charge in [0.05, 0.1) is 19.8 Å². The third-order valence-electron chi connectivity index (χ3n) is 4.21. The smallest absolute Gasteiger partial charge is 0.161 e. The molecule has 5 heteroatoms. The molecule has 0 saturated heterocycles. The van der Waals surface area contributed by atoms with E-state index >= 15 is 0 Å². The number of carbonyl (C=O) groups is 1. The van der Waals surface area contributed by atoms with E-state index in [0.29, 0.717) is 28.2 Å². The number of aromatic hydroxyl groups is 1. The summed E-state index contributed by atoms with van der Waals surface area (Å²) in [4.78, 5) is 11.7. The Hall–Kier alpha value is -2.95. The van der Waals surface area contributed by atoms with E-state index in [4.69, 9.17) is 13.9 Å². The maximum Gasteiger partial charge on any atom is 0.161 e. The summed E-state index contributed by atoms with van der Waals surface area (Å²) in [6.45, 7) is 2.09. The van der Waals surface area contributed by atoms with Gasteiger partial charge < -0.3 is 19.0 Å². The van der Waals surface area contributed by atoms with Gasteiger partial charge in [-0.3, -0.25) is 4.79 Å². The topological polar surface area (TPSA) is 68.9 Å². The molecule has 3 rings (SSSR count). The number of carbonyl (C=O) groups excluding carboxylic acids is 1. The predicted octanol–water partition coefficient (Wildman–Crippen LogP) is 4.59. The average molecular weight is 340 g/mol. The molecule has 0 unspecified atom stereocenters. The van der Waals surface area contributed by atoms with Crippen LogP contribution in [0.25, 0.3) is 22.3 Å². The second kappa shape index (κ2) is 6.89. The molecule has 1 N–H and O–H groups in total. The van der Waals surface area contributed by atoms with Gasteiger partial charge in [-0.25, -0.2) is 0 Å². The molecule has 1 heterocycles. The molecule has 0 radical (unpaired) electrons. The van der Waals surface area contributed by atoms with Gasteiger partial charge in [0.1, 0.15) is 17.1 Å². The van der Waals surface area contributed by atoms with Crippen LogP contribution < -0.4 is 9.47 Å². The van der Waals surface area contributed by atoms with Gasteiger partial charge in [0.25, 0.3) is 0 Å². The lowest BCUT2D eigenvalue weighted by Crippen LogP contribution is -1.92. The van der Waals surface area contributed by atoms with Crippen molar-refractivity contribution in [2.24, 2.45) is 0 Å². The summed E-state index contributed by atoms with van der Waals surface area (Å²) in [5.41, 5.74) is 2.75. The van der Waals surface area contributed by atoms with Gasteiger partial charge in [-0.15, -0.1) is 0 Å². The van der Waals surface area contributed by atoms with Gasteiger partial charge in [-0.05, 0) is 36.2 Å². The SMILES string of the molecule is CCCc1cc2c(C=O)c(-c3ccc(O)c(OC)c3)oc2cc1OC. The van der Waals surface area contributed by atoms with E-state index in [0.717, 1.165) is 35.8 Å². The molecule has 0 aliphatic heterocycles. The van der Waals surface area contributed by atoms with Crippen LogP contribution in [0.15, 0.2) is 34.7 Å². The highest BCUT2D eigenvalue weighted by molar-refractivity contribution is 6.03. The summed E-state index contributed by atoms with van der Waals surface area (Å²) in [7, 11) is 3.09. The maximum atomic E-state index is 11.7. The Labute approximate surface area is 145 Å². The van der Waals surface area contributed by atoms with E-state index < -0.39 is 0 Å². The van der Waals surface area contributed by atoms with E-state index in [1.54, 1.807) is 19.2 Å². The fraction of sp³-hybridized carbons (Fsp3) is 0.250. The number of methoxy groups -OCH3 is 2. The largest absolute Gasteiger partial charge is 0.504 e. The zero-order chi connectivity index (χ0) is 18.0. The van der Waals surface area contributed by atoms with Crippen molar-refractivity contribution >= 4 is 17.3 Å². The number of aryl methyl sites for hydroxylation is 1. The van der Waals surface area contributed by atoms with E-state index in [-0.39, 0.29) is 5.75 Å². The summed E-state index contributed by atoms with van der Waals surface area (Å²) in [6, 6.07) is 8.61. The van der Waals surface area contributed by atoms with Crippen LogP contribution in [0.3, 0.4) is 0 Å². The van der Waals surface area contributed by atoms with Crippen LogP contribution in [0, 0.1) is 0 Å². The normalized spacial score (nSPS) is 10.8. The monoisotopic (exact) mass is 340 g/mol. The van der Waals surface area contributed by atoms with Crippen LogP contribution in [-0.2, 0) is 6.42 Å². The number of hydrogen-bond acceptors (Lipinski definition) is 5. The standard InChI is InChI=1S/C20H20O5/c1-4-5-12-8-14-15(11-21)20(25-18(14)10-17(12)23-2)13-6-7-16(22)19(9-13)24-3/h6-11,22H,4-5H2,1-3H3. The van der Waals surface area contributed by atoms with Crippen LogP contribution in [0.4, 0.5) is 0 Å². The maximum absolute atomic E-state index is 11.7. The summed E-state index contributed by atoms with van der Waals surface area (Å²) in [5, 5.41) is 10.5. The van der Waals surface area contributed by atoms with Gasteiger partial charge in [0, 0.05) is 17.0 Å². The number of hydrogen-bond donors (Lipinski definition) is 1. The quantitative estimate of drug-likeness (QED) is 0.665. The number of ether oxygens (including phenoxy) is 2. The second-order valence-electron chi connectivity index (χ2n) is 5.76. The van der Waals surface area contributed by atoms with Crippen LogP contribution in [0.1, 0.15) is 29.3 Å². The van der Waals surface area contributed by atoms with Crippen molar-refractivity contribution in [2.45, 2.75) is 19.8 Å². The molecule has 0 bridgehead atoms. The third kappa shape index (κ3) is 2.93. The molecule has 130 valence electrons. The van der Waals surface area contributed by atoms with Gasteiger partial charge >= 0.3 is 0 Å². The van der Waals surface area contributed by atoms with Crippen molar-refractivity contribution in [3.63, 3.8) is 0 Å². The highest BCUT2D eigenvalue weighted by Crippen LogP contribution is 2.39. The first-order chi connectivity index (χ1) is 12.1. The zero-order valence-electron chi connectivity index (χ0n) is 14.5. The van der Waals surface area contributed by atoms with Gasteiger partial charge in [-0.1, -0.05) is 13.3 Å². The highest BCUT2D eigenvalue weighted by atomic mass is 16.5. The number of phenols is 1. The third-order valence-corrected chi connectivity index (χ3v) is 4.21. The first kappa shape index (κ1) is 16.9. The molecule has 2 aromatic carbocycles. The molecule has 0 atom stereocenters. The molecule has 25 heavy (non-hydrogen) atoms. The Morgan fingerprint density at radius 3 is 2.52 bits per heavy atom. The van der Waals surface area contributed by atoms with Crippen LogP contribution in [-0.4, -0.2) is 25.6 Å². The van der Waals surface area contributed by atoms with Crippen molar-refractivity contribution in [1.29, 1.82) is 0 Å². The Morgan fingerprint density at radius 1 is 1.12 bits per heavy atom. The molecule has 0 fully saturated rings. The van der Waals surface area contributed by atoms with Crippen molar-refractivity contribution in [3.05, 3.63) is 41.5 Å². The average Bonchev–Trinajstić information content (AvgIpc) is 2.99. The van der Waals surface area contributed by atoms with Crippen molar-refractivity contribution < 1.29 is 23.8 Å². The van der Waals surface area contributed by atoms with Gasteiger partial charge in [0.2, 0.25) is 0 Å². The summed E-state index contributed by atoms with van der Waals surface area (Å²) >= 11 is 0. The first-order valence-electron chi connectivity index (χ1n) is 8.08. The fourth-order valence-electron chi connectivity index (χ4n) is 2.99. The predicted molar refractivity (Wildman–Crippen MR) is 95.8 cm³/mol. The number of phenolic OH excluding ortho intramolecular Hbond substituents is 1. The molecular weight excluding hydrogens is 320 g/mol. The van der Waals surface area contributed by atoms with E-state index in [9.17, 15) is 9.90 Å². The fourth-order valence-corrected chi connectivity index (χ4v) is 2.99. The second-order valence-corrected chi connectivity index (χ2v) is 5.76. The Morgan fingerprint density at radius 2 is 1.88 bits per heavy atom. The molecule has 0 spiro atoms. The summed E-state index contributed by atoms with van der Waals surface area (Å²) in [5.74, 6) is 1.54.